The molecule has 0 amide bonds. The standard InChI is InChI=1S/C20H20ClNO/c1-2-23-18-8-4-7-17-15-5-3-6-16(15)19(22-20(17)18)13-9-11-14(21)12-10-13/h3-5,7-12,15-16,19,22H,2,6H2,1H3. The first-order valence-corrected chi connectivity index (χ1v) is 8.60. The highest BCUT2D eigenvalue weighted by atomic mass is 35.5. The summed E-state index contributed by atoms with van der Waals surface area (Å²) in [5.74, 6) is 1.94. The second-order valence-electron chi connectivity index (χ2n) is 6.18. The summed E-state index contributed by atoms with van der Waals surface area (Å²) in [6.07, 6.45) is 5.76. The molecule has 0 saturated carbocycles. The Morgan fingerprint density at radius 1 is 1.17 bits per heavy atom. The predicted molar refractivity (Wildman–Crippen MR) is 95.4 cm³/mol. The quantitative estimate of drug-likeness (QED) is 0.745. The molecule has 0 bridgehead atoms. The van der Waals surface area contributed by atoms with Crippen LogP contribution in [-0.4, -0.2) is 6.61 Å². The van der Waals surface area contributed by atoms with Crippen LogP contribution in [0.2, 0.25) is 5.02 Å². The van der Waals surface area contributed by atoms with E-state index >= 15 is 0 Å². The number of hydrogen-bond acceptors (Lipinski definition) is 2. The molecule has 2 aromatic carbocycles. The molecule has 1 N–H and O–H groups in total. The number of rotatable bonds is 3. The lowest BCUT2D eigenvalue weighted by molar-refractivity contribution is 0.337. The topological polar surface area (TPSA) is 21.3 Å². The summed E-state index contributed by atoms with van der Waals surface area (Å²) >= 11 is 6.06. The van der Waals surface area contributed by atoms with Crippen molar-refractivity contribution in [3.63, 3.8) is 0 Å². The van der Waals surface area contributed by atoms with Crippen LogP contribution in [0, 0.1) is 5.92 Å². The van der Waals surface area contributed by atoms with Crippen LogP contribution in [0.3, 0.4) is 0 Å². The number of hydrogen-bond donors (Lipinski definition) is 1. The van der Waals surface area contributed by atoms with Crippen molar-refractivity contribution >= 4 is 17.3 Å². The molecule has 2 aromatic rings. The molecule has 3 heteroatoms. The van der Waals surface area contributed by atoms with Crippen LogP contribution in [0.5, 0.6) is 5.75 Å². The minimum atomic E-state index is 0.279. The molecule has 1 aliphatic heterocycles. The first-order valence-electron chi connectivity index (χ1n) is 8.22. The highest BCUT2D eigenvalue weighted by Gasteiger charge is 2.38. The van der Waals surface area contributed by atoms with Crippen LogP contribution in [0.4, 0.5) is 5.69 Å². The molecule has 0 spiro atoms. The molecular weight excluding hydrogens is 306 g/mol. The van der Waals surface area contributed by atoms with Gasteiger partial charge in [-0.2, -0.15) is 0 Å². The zero-order valence-corrected chi connectivity index (χ0v) is 13.9. The van der Waals surface area contributed by atoms with Crippen LogP contribution in [0.15, 0.2) is 54.6 Å². The first kappa shape index (κ1) is 14.6. The zero-order valence-electron chi connectivity index (χ0n) is 13.1. The summed E-state index contributed by atoms with van der Waals surface area (Å²) in [5, 5.41) is 4.53. The molecule has 0 fully saturated rings. The average molecular weight is 326 g/mol. The van der Waals surface area contributed by atoms with E-state index in [9.17, 15) is 0 Å². The Morgan fingerprint density at radius 3 is 2.78 bits per heavy atom. The van der Waals surface area contributed by atoms with Crippen molar-refractivity contribution in [3.05, 3.63) is 70.8 Å². The van der Waals surface area contributed by atoms with Crippen molar-refractivity contribution in [3.8, 4) is 5.75 Å². The van der Waals surface area contributed by atoms with Gasteiger partial charge in [0.25, 0.3) is 0 Å². The van der Waals surface area contributed by atoms with Gasteiger partial charge in [-0.25, -0.2) is 0 Å². The molecule has 0 radical (unpaired) electrons. The smallest absolute Gasteiger partial charge is 0.142 e. The summed E-state index contributed by atoms with van der Waals surface area (Å²) in [6.45, 7) is 2.70. The zero-order chi connectivity index (χ0) is 15.8. The van der Waals surface area contributed by atoms with Crippen molar-refractivity contribution in [2.24, 2.45) is 5.92 Å². The second-order valence-corrected chi connectivity index (χ2v) is 6.62. The first-order chi connectivity index (χ1) is 11.3. The summed E-state index contributed by atoms with van der Waals surface area (Å²) < 4.78 is 5.85. The van der Waals surface area contributed by atoms with Crippen molar-refractivity contribution < 1.29 is 4.74 Å². The number of nitrogens with one attached hydrogen (secondary N) is 1. The van der Waals surface area contributed by atoms with Crippen LogP contribution in [-0.2, 0) is 0 Å². The number of anilines is 1. The van der Waals surface area contributed by atoms with Crippen molar-refractivity contribution in [1.82, 2.24) is 0 Å². The van der Waals surface area contributed by atoms with Crippen molar-refractivity contribution in [2.45, 2.75) is 25.3 Å². The van der Waals surface area contributed by atoms with E-state index in [4.69, 9.17) is 16.3 Å². The van der Waals surface area contributed by atoms with Gasteiger partial charge >= 0.3 is 0 Å². The van der Waals surface area contributed by atoms with Gasteiger partial charge in [-0.05, 0) is 48.6 Å². The summed E-state index contributed by atoms with van der Waals surface area (Å²) in [6, 6.07) is 14.8. The van der Waals surface area contributed by atoms with E-state index < -0.39 is 0 Å². The number of allylic oxidation sites excluding steroid dienone is 2. The summed E-state index contributed by atoms with van der Waals surface area (Å²) in [7, 11) is 0. The minimum absolute atomic E-state index is 0.279. The maximum Gasteiger partial charge on any atom is 0.142 e. The third kappa shape index (κ3) is 2.51. The van der Waals surface area contributed by atoms with Gasteiger partial charge in [-0.1, -0.05) is 48.0 Å². The Balaban J connectivity index is 1.78. The number of ether oxygens (including phenoxy) is 1. The largest absolute Gasteiger partial charge is 0.492 e. The molecule has 4 rings (SSSR count). The van der Waals surface area contributed by atoms with Gasteiger partial charge in [-0.3, -0.25) is 0 Å². The van der Waals surface area contributed by atoms with Gasteiger partial charge < -0.3 is 10.1 Å². The third-order valence-electron chi connectivity index (χ3n) is 4.89. The molecule has 3 unspecified atom stereocenters. The second kappa shape index (κ2) is 5.93. The summed E-state index contributed by atoms with van der Waals surface area (Å²) in [4.78, 5) is 0. The lowest BCUT2D eigenvalue weighted by atomic mass is 9.77. The molecule has 1 heterocycles. The third-order valence-corrected chi connectivity index (χ3v) is 5.14. The maximum absolute atomic E-state index is 6.06. The highest BCUT2D eigenvalue weighted by molar-refractivity contribution is 6.30. The van der Waals surface area contributed by atoms with Gasteiger partial charge in [0, 0.05) is 10.9 Å². The fraction of sp³-hybridized carbons (Fsp3) is 0.300. The van der Waals surface area contributed by atoms with E-state index in [1.54, 1.807) is 0 Å². The van der Waals surface area contributed by atoms with Crippen LogP contribution < -0.4 is 10.1 Å². The molecule has 118 valence electrons. The van der Waals surface area contributed by atoms with Gasteiger partial charge in [0.15, 0.2) is 0 Å². The van der Waals surface area contributed by atoms with Crippen LogP contribution >= 0.6 is 11.6 Å². The van der Waals surface area contributed by atoms with E-state index in [1.165, 1.54) is 11.1 Å². The fourth-order valence-corrected chi connectivity index (χ4v) is 3.99. The number of halogens is 1. The molecule has 2 nitrogen and oxygen atoms in total. The van der Waals surface area contributed by atoms with Gasteiger partial charge in [0.05, 0.1) is 18.3 Å². The Morgan fingerprint density at radius 2 is 2.00 bits per heavy atom. The van der Waals surface area contributed by atoms with E-state index in [2.05, 4.69) is 41.7 Å². The molecule has 23 heavy (non-hydrogen) atoms. The monoisotopic (exact) mass is 325 g/mol. The molecule has 1 aliphatic carbocycles. The minimum Gasteiger partial charge on any atom is -0.492 e. The normalized spacial score (nSPS) is 24.7. The Hall–Kier alpha value is -1.93. The number of fused-ring (bicyclic) bond motifs is 3. The van der Waals surface area contributed by atoms with E-state index in [0.29, 0.717) is 18.4 Å². The Labute approximate surface area is 142 Å². The molecule has 2 aliphatic rings. The lowest BCUT2D eigenvalue weighted by Gasteiger charge is -2.38. The van der Waals surface area contributed by atoms with Crippen molar-refractivity contribution in [2.75, 3.05) is 11.9 Å². The van der Waals surface area contributed by atoms with E-state index in [0.717, 1.165) is 22.9 Å². The van der Waals surface area contributed by atoms with Crippen LogP contribution in [0.1, 0.15) is 36.4 Å². The van der Waals surface area contributed by atoms with Gasteiger partial charge in [-0.15, -0.1) is 0 Å². The van der Waals surface area contributed by atoms with Gasteiger partial charge in [0.1, 0.15) is 5.75 Å². The Kier molecular flexibility index (Phi) is 3.78. The Bertz CT molecular complexity index is 738. The highest BCUT2D eigenvalue weighted by Crippen LogP contribution is 2.52. The number of benzene rings is 2. The number of para-hydroxylation sites is 1. The van der Waals surface area contributed by atoms with E-state index in [1.807, 2.05) is 25.1 Å². The maximum atomic E-state index is 6.06. The lowest BCUT2D eigenvalue weighted by Crippen LogP contribution is -2.29. The van der Waals surface area contributed by atoms with E-state index in [-0.39, 0.29) is 6.04 Å². The molecular formula is C20H20ClNO. The van der Waals surface area contributed by atoms with Gasteiger partial charge in [0.2, 0.25) is 0 Å². The predicted octanol–water partition coefficient (Wildman–Crippen LogP) is 5.57. The molecule has 3 atom stereocenters. The fourth-order valence-electron chi connectivity index (χ4n) is 3.87. The summed E-state index contributed by atoms with van der Waals surface area (Å²) in [5.41, 5.74) is 3.77. The van der Waals surface area contributed by atoms with Crippen molar-refractivity contribution in [1.29, 1.82) is 0 Å². The molecule has 0 saturated heterocycles. The SMILES string of the molecule is CCOc1cccc2c1NC(c1ccc(Cl)cc1)C1CC=CC21. The van der Waals surface area contributed by atoms with Crippen LogP contribution in [0.25, 0.3) is 0 Å². The average Bonchev–Trinajstić information content (AvgIpc) is 3.05. The molecule has 0 aromatic heterocycles.